The second kappa shape index (κ2) is 6.00. The molecule has 0 saturated heterocycles. The molecule has 1 aromatic heterocycles. The van der Waals surface area contributed by atoms with Crippen molar-refractivity contribution < 1.29 is 14.3 Å². The molecule has 0 fully saturated rings. The third kappa shape index (κ3) is 3.14. The first-order valence-electron chi connectivity index (χ1n) is 6.17. The molecule has 2 rings (SSSR count). The number of carboxylic acids is 1. The first-order chi connectivity index (χ1) is 9.49. The Balaban J connectivity index is 2.34. The summed E-state index contributed by atoms with van der Waals surface area (Å²) in [7, 11) is 0. The van der Waals surface area contributed by atoms with Gasteiger partial charge in [-0.2, -0.15) is 0 Å². The Hall–Kier alpha value is -1.95. The highest BCUT2D eigenvalue weighted by molar-refractivity contribution is 7.09. The van der Waals surface area contributed by atoms with Crippen LogP contribution in [-0.2, 0) is 11.3 Å². The maximum absolute atomic E-state index is 13.0. The highest BCUT2D eigenvalue weighted by Crippen LogP contribution is 2.25. The van der Waals surface area contributed by atoms with E-state index in [9.17, 15) is 14.0 Å². The van der Waals surface area contributed by atoms with Crippen molar-refractivity contribution in [2.75, 3.05) is 0 Å². The molecule has 0 radical (unpaired) electrons. The summed E-state index contributed by atoms with van der Waals surface area (Å²) < 4.78 is 14.5. The Morgan fingerprint density at radius 1 is 1.35 bits per heavy atom. The fourth-order valence-electron chi connectivity index (χ4n) is 2.07. The lowest BCUT2D eigenvalue weighted by Crippen LogP contribution is -2.15. The third-order valence-electron chi connectivity index (χ3n) is 2.95. The van der Waals surface area contributed by atoms with Gasteiger partial charge in [-0.05, 0) is 43.2 Å². The molecule has 1 N–H and O–H groups in total. The highest BCUT2D eigenvalue weighted by atomic mass is 32.1. The number of nitrogens with zero attached hydrogens (tertiary/aromatic N) is 1. The van der Waals surface area contributed by atoms with Crippen LogP contribution in [0.1, 0.15) is 17.7 Å². The number of hydrogen-bond acceptors (Lipinski definition) is 3. The van der Waals surface area contributed by atoms with Crippen LogP contribution in [0.25, 0.3) is 11.3 Å². The molecule has 0 bridgehead atoms. The maximum Gasteiger partial charge on any atom is 0.307 e. The van der Waals surface area contributed by atoms with Crippen LogP contribution in [0.15, 0.2) is 29.1 Å². The van der Waals surface area contributed by atoms with Crippen molar-refractivity contribution in [2.45, 2.75) is 26.3 Å². The Bertz CT molecular complexity index is 673. The van der Waals surface area contributed by atoms with Crippen molar-refractivity contribution in [3.05, 3.63) is 44.6 Å². The molecule has 1 aromatic carbocycles. The number of thiazole rings is 1. The fraction of sp³-hybridized carbons (Fsp3) is 0.286. The van der Waals surface area contributed by atoms with E-state index in [2.05, 4.69) is 0 Å². The van der Waals surface area contributed by atoms with Gasteiger partial charge in [0, 0.05) is 17.8 Å². The Labute approximate surface area is 119 Å². The summed E-state index contributed by atoms with van der Waals surface area (Å²) in [6.07, 6.45) is 0.407. The van der Waals surface area contributed by atoms with Crippen LogP contribution in [0.2, 0.25) is 0 Å². The number of aromatic nitrogens is 1. The van der Waals surface area contributed by atoms with Crippen LogP contribution >= 0.6 is 11.3 Å². The lowest BCUT2D eigenvalue weighted by atomic mass is 10.1. The van der Waals surface area contributed by atoms with Crippen molar-refractivity contribution in [3.63, 3.8) is 0 Å². The molecule has 0 saturated carbocycles. The molecule has 4 nitrogen and oxygen atoms in total. The third-order valence-corrected chi connectivity index (χ3v) is 3.85. The number of rotatable bonds is 5. The standard InChI is InChI=1S/C14H14FNO3S/c1-9-13(10-4-6-11(15)7-5-10)16(14(19)20-9)8-2-3-12(17)18/h4-7H,2-3,8H2,1H3,(H,17,18). The van der Waals surface area contributed by atoms with Gasteiger partial charge in [-0.3, -0.25) is 14.2 Å². The highest BCUT2D eigenvalue weighted by Gasteiger charge is 2.14. The van der Waals surface area contributed by atoms with E-state index < -0.39 is 5.97 Å². The van der Waals surface area contributed by atoms with E-state index in [0.29, 0.717) is 13.0 Å². The van der Waals surface area contributed by atoms with Gasteiger partial charge in [-0.15, -0.1) is 0 Å². The Morgan fingerprint density at radius 3 is 2.60 bits per heavy atom. The summed E-state index contributed by atoms with van der Waals surface area (Å²) in [5, 5.41) is 8.66. The van der Waals surface area contributed by atoms with Crippen LogP contribution in [0.5, 0.6) is 0 Å². The smallest absolute Gasteiger partial charge is 0.307 e. The number of aryl methyl sites for hydroxylation is 1. The average Bonchev–Trinajstić information content (AvgIpc) is 2.65. The molecular weight excluding hydrogens is 281 g/mol. The van der Waals surface area contributed by atoms with Gasteiger partial charge in [0.25, 0.3) is 0 Å². The molecule has 0 aliphatic heterocycles. The first kappa shape index (κ1) is 14.5. The summed E-state index contributed by atoms with van der Waals surface area (Å²) in [5.41, 5.74) is 1.50. The molecule has 1 heterocycles. The van der Waals surface area contributed by atoms with Crippen molar-refractivity contribution >= 4 is 17.3 Å². The SMILES string of the molecule is Cc1sc(=O)n(CCCC(=O)O)c1-c1ccc(F)cc1. The van der Waals surface area contributed by atoms with Crippen molar-refractivity contribution in [2.24, 2.45) is 0 Å². The summed E-state index contributed by atoms with van der Waals surface area (Å²) >= 11 is 1.12. The minimum absolute atomic E-state index is 0.0180. The lowest BCUT2D eigenvalue weighted by Gasteiger charge is -2.08. The van der Waals surface area contributed by atoms with E-state index in [1.54, 1.807) is 16.7 Å². The van der Waals surface area contributed by atoms with E-state index in [1.807, 2.05) is 6.92 Å². The van der Waals surface area contributed by atoms with E-state index in [4.69, 9.17) is 5.11 Å². The van der Waals surface area contributed by atoms with Gasteiger partial charge >= 0.3 is 10.8 Å². The van der Waals surface area contributed by atoms with E-state index in [0.717, 1.165) is 27.5 Å². The Morgan fingerprint density at radius 2 is 2.00 bits per heavy atom. The van der Waals surface area contributed by atoms with Gasteiger partial charge in [0.1, 0.15) is 5.82 Å². The quantitative estimate of drug-likeness (QED) is 0.922. The number of carboxylic acid groups (broad SMARTS) is 1. The van der Waals surface area contributed by atoms with Crippen LogP contribution < -0.4 is 4.87 Å². The number of aliphatic carboxylic acids is 1. The molecule has 0 spiro atoms. The summed E-state index contributed by atoms with van der Waals surface area (Å²) in [4.78, 5) is 23.2. The van der Waals surface area contributed by atoms with Crippen LogP contribution in [0.3, 0.4) is 0 Å². The number of hydrogen-bond donors (Lipinski definition) is 1. The van der Waals surface area contributed by atoms with Crippen molar-refractivity contribution in [1.29, 1.82) is 0 Å². The molecule has 106 valence electrons. The Kier molecular flexibility index (Phi) is 4.34. The zero-order chi connectivity index (χ0) is 14.7. The molecular formula is C14H14FNO3S. The fourth-order valence-corrected chi connectivity index (χ4v) is 2.95. The lowest BCUT2D eigenvalue weighted by molar-refractivity contribution is -0.137. The average molecular weight is 295 g/mol. The monoisotopic (exact) mass is 295 g/mol. The zero-order valence-corrected chi connectivity index (χ0v) is 11.7. The van der Waals surface area contributed by atoms with Gasteiger partial charge in [0.05, 0.1) is 5.69 Å². The van der Waals surface area contributed by atoms with Gasteiger partial charge in [-0.1, -0.05) is 11.3 Å². The molecule has 0 atom stereocenters. The van der Waals surface area contributed by atoms with E-state index >= 15 is 0 Å². The molecule has 2 aromatic rings. The van der Waals surface area contributed by atoms with Crippen LogP contribution in [0.4, 0.5) is 4.39 Å². The molecule has 0 amide bonds. The summed E-state index contributed by atoms with van der Waals surface area (Å²) in [6, 6.07) is 5.94. The zero-order valence-electron chi connectivity index (χ0n) is 10.9. The number of halogens is 1. The van der Waals surface area contributed by atoms with Gasteiger partial charge in [-0.25, -0.2) is 4.39 Å². The molecule has 20 heavy (non-hydrogen) atoms. The maximum atomic E-state index is 13.0. The largest absolute Gasteiger partial charge is 0.481 e. The second-order valence-corrected chi connectivity index (χ2v) is 5.59. The molecule has 0 unspecified atom stereocenters. The minimum atomic E-state index is -0.881. The van der Waals surface area contributed by atoms with Gasteiger partial charge < -0.3 is 5.11 Å². The summed E-state index contributed by atoms with van der Waals surface area (Å²) in [5.74, 6) is -1.21. The predicted octanol–water partition coefficient (Wildman–Crippen LogP) is 2.89. The topological polar surface area (TPSA) is 59.3 Å². The normalized spacial score (nSPS) is 10.7. The van der Waals surface area contributed by atoms with E-state index in [1.165, 1.54) is 12.1 Å². The molecule has 0 aliphatic carbocycles. The van der Waals surface area contributed by atoms with Crippen molar-refractivity contribution in [3.8, 4) is 11.3 Å². The predicted molar refractivity (Wildman–Crippen MR) is 75.6 cm³/mol. The van der Waals surface area contributed by atoms with Crippen molar-refractivity contribution in [1.82, 2.24) is 4.57 Å². The minimum Gasteiger partial charge on any atom is -0.481 e. The summed E-state index contributed by atoms with van der Waals surface area (Å²) in [6.45, 7) is 2.18. The first-order valence-corrected chi connectivity index (χ1v) is 6.98. The van der Waals surface area contributed by atoms with Crippen LogP contribution in [0, 0.1) is 12.7 Å². The number of carbonyl (C=O) groups is 1. The van der Waals surface area contributed by atoms with Gasteiger partial charge in [0.2, 0.25) is 0 Å². The number of benzene rings is 1. The van der Waals surface area contributed by atoms with E-state index in [-0.39, 0.29) is 17.1 Å². The van der Waals surface area contributed by atoms with Gasteiger partial charge in [0.15, 0.2) is 0 Å². The second-order valence-electron chi connectivity index (χ2n) is 4.43. The molecule has 0 aliphatic rings. The molecule has 6 heteroatoms. The van der Waals surface area contributed by atoms with Crippen LogP contribution in [-0.4, -0.2) is 15.6 Å².